The summed E-state index contributed by atoms with van der Waals surface area (Å²) in [5.74, 6) is -0.955. The van der Waals surface area contributed by atoms with Crippen LogP contribution in [0.1, 0.15) is 45.0 Å². The topological polar surface area (TPSA) is 100 Å². The molecule has 1 fully saturated rings. The highest BCUT2D eigenvalue weighted by Crippen LogP contribution is 2.34. The Kier molecular flexibility index (Phi) is 7.04. The fourth-order valence-electron chi connectivity index (χ4n) is 6.07. The standard InChI is InChI=1S/C34H35N5O4/c1-21-18-37(33(42)43-34(3,4)5)19-22(2)39(21)25-12-10-23(11-13-25)24-16-35-31-30(17-36-38(31)20-24)28-14-15-29(32(40)41)27-9-7-6-8-26(27)28/h6-17,20-22H,18-19H2,1-5H3,(H,40,41). The Hall–Kier alpha value is -4.92. The fourth-order valence-corrected chi connectivity index (χ4v) is 6.07. The minimum atomic E-state index is -0.955. The summed E-state index contributed by atoms with van der Waals surface area (Å²) < 4.78 is 7.37. The van der Waals surface area contributed by atoms with Gasteiger partial charge in [0.25, 0.3) is 0 Å². The number of aromatic carboxylic acids is 1. The zero-order chi connectivity index (χ0) is 30.5. The molecule has 0 aliphatic carbocycles. The van der Waals surface area contributed by atoms with E-state index in [1.165, 1.54) is 0 Å². The van der Waals surface area contributed by atoms with Crippen LogP contribution in [0.15, 0.2) is 79.3 Å². The maximum Gasteiger partial charge on any atom is 0.410 e. The Morgan fingerprint density at radius 2 is 1.53 bits per heavy atom. The predicted octanol–water partition coefficient (Wildman–Crippen LogP) is 6.75. The number of anilines is 1. The van der Waals surface area contributed by atoms with Gasteiger partial charge in [-0.3, -0.25) is 0 Å². The molecule has 1 saturated heterocycles. The van der Waals surface area contributed by atoms with Crippen LogP contribution in [0.3, 0.4) is 0 Å². The van der Waals surface area contributed by atoms with Crippen molar-refractivity contribution >= 4 is 34.2 Å². The third-order valence-electron chi connectivity index (χ3n) is 7.87. The summed E-state index contributed by atoms with van der Waals surface area (Å²) in [4.78, 5) is 33.4. The van der Waals surface area contributed by atoms with Crippen molar-refractivity contribution in [2.24, 2.45) is 0 Å². The van der Waals surface area contributed by atoms with Crippen LogP contribution in [-0.2, 0) is 4.74 Å². The summed E-state index contributed by atoms with van der Waals surface area (Å²) in [5, 5.41) is 15.8. The van der Waals surface area contributed by atoms with E-state index in [-0.39, 0.29) is 23.7 Å². The molecule has 43 heavy (non-hydrogen) atoms. The third-order valence-corrected chi connectivity index (χ3v) is 7.87. The number of hydrogen-bond acceptors (Lipinski definition) is 6. The van der Waals surface area contributed by atoms with Crippen LogP contribution in [0, 0.1) is 0 Å². The number of piperazine rings is 1. The van der Waals surface area contributed by atoms with Crippen molar-refractivity contribution in [1.82, 2.24) is 19.5 Å². The van der Waals surface area contributed by atoms with Crippen LogP contribution < -0.4 is 4.90 Å². The van der Waals surface area contributed by atoms with Crippen LogP contribution in [0.25, 0.3) is 38.7 Å². The van der Waals surface area contributed by atoms with Crippen molar-refractivity contribution < 1.29 is 19.4 Å². The van der Waals surface area contributed by atoms with Crippen LogP contribution in [-0.4, -0.2) is 67.4 Å². The maximum absolute atomic E-state index is 12.7. The van der Waals surface area contributed by atoms with Gasteiger partial charge in [0.1, 0.15) is 5.60 Å². The Bertz CT molecular complexity index is 1830. The van der Waals surface area contributed by atoms with Crippen molar-refractivity contribution in [2.45, 2.75) is 52.3 Å². The van der Waals surface area contributed by atoms with Crippen molar-refractivity contribution in [3.63, 3.8) is 0 Å². The SMILES string of the molecule is CC1CN(C(=O)OC(C)(C)C)CC(C)N1c1ccc(-c2cnc3c(-c4ccc(C(=O)O)c5ccccc45)cnn3c2)cc1. The molecule has 2 unspecified atom stereocenters. The van der Waals surface area contributed by atoms with Crippen LogP contribution in [0.2, 0.25) is 0 Å². The second-order valence-electron chi connectivity index (χ2n) is 12.2. The molecule has 5 aromatic rings. The number of hydrogen-bond donors (Lipinski definition) is 1. The van der Waals surface area contributed by atoms with E-state index < -0.39 is 11.6 Å². The lowest BCUT2D eigenvalue weighted by Crippen LogP contribution is -2.58. The molecule has 3 aromatic carbocycles. The summed E-state index contributed by atoms with van der Waals surface area (Å²) in [6.07, 6.45) is 5.31. The van der Waals surface area contributed by atoms with Gasteiger partial charge in [-0.1, -0.05) is 42.5 Å². The molecule has 9 nitrogen and oxygen atoms in total. The monoisotopic (exact) mass is 577 g/mol. The third kappa shape index (κ3) is 5.38. The summed E-state index contributed by atoms with van der Waals surface area (Å²) in [7, 11) is 0. The van der Waals surface area contributed by atoms with Gasteiger partial charge in [-0.2, -0.15) is 5.10 Å². The van der Waals surface area contributed by atoms with E-state index >= 15 is 0 Å². The zero-order valence-corrected chi connectivity index (χ0v) is 25.0. The molecule has 220 valence electrons. The summed E-state index contributed by atoms with van der Waals surface area (Å²) >= 11 is 0. The summed E-state index contributed by atoms with van der Waals surface area (Å²) in [5.41, 5.74) is 5.20. The molecule has 0 bridgehead atoms. The predicted molar refractivity (Wildman–Crippen MR) is 168 cm³/mol. The van der Waals surface area contributed by atoms with Gasteiger partial charge < -0.3 is 19.6 Å². The van der Waals surface area contributed by atoms with Crippen LogP contribution >= 0.6 is 0 Å². The summed E-state index contributed by atoms with van der Waals surface area (Å²) in [6, 6.07) is 19.6. The maximum atomic E-state index is 12.7. The first kappa shape index (κ1) is 28.2. The second-order valence-corrected chi connectivity index (χ2v) is 12.2. The van der Waals surface area contributed by atoms with Crippen molar-refractivity contribution in [1.29, 1.82) is 0 Å². The number of carboxylic acid groups (broad SMARTS) is 1. The number of rotatable bonds is 4. The Labute approximate surface area is 250 Å². The lowest BCUT2D eigenvalue weighted by atomic mass is 9.96. The largest absolute Gasteiger partial charge is 0.478 e. The molecule has 1 aliphatic heterocycles. The molecule has 6 rings (SSSR count). The quantitative estimate of drug-likeness (QED) is 0.252. The van der Waals surface area contributed by atoms with E-state index in [1.807, 2.05) is 63.5 Å². The van der Waals surface area contributed by atoms with Gasteiger partial charge in [-0.15, -0.1) is 0 Å². The molecule has 0 radical (unpaired) electrons. The molecule has 1 N–H and O–H groups in total. The Morgan fingerprint density at radius 1 is 0.860 bits per heavy atom. The fraction of sp³-hybridized carbons (Fsp3) is 0.294. The van der Waals surface area contributed by atoms with Crippen molar-refractivity contribution in [3.8, 4) is 22.3 Å². The molecule has 1 aliphatic rings. The van der Waals surface area contributed by atoms with Gasteiger partial charge in [0.05, 0.1) is 11.8 Å². The van der Waals surface area contributed by atoms with E-state index in [4.69, 9.17) is 9.72 Å². The van der Waals surface area contributed by atoms with Gasteiger partial charge in [0, 0.05) is 54.4 Å². The Balaban J connectivity index is 1.24. The number of carboxylic acids is 1. The lowest BCUT2D eigenvalue weighted by Gasteiger charge is -2.45. The average molecular weight is 578 g/mol. The highest BCUT2D eigenvalue weighted by molar-refractivity contribution is 6.09. The molecular weight excluding hydrogens is 542 g/mol. The molecule has 2 atom stereocenters. The normalized spacial score (nSPS) is 17.4. The molecule has 0 saturated carbocycles. The number of carbonyl (C=O) groups excluding carboxylic acids is 1. The average Bonchev–Trinajstić information content (AvgIpc) is 3.38. The number of ether oxygens (including phenoxy) is 1. The van der Waals surface area contributed by atoms with Gasteiger partial charge in [0.15, 0.2) is 5.65 Å². The smallest absolute Gasteiger partial charge is 0.410 e. The lowest BCUT2D eigenvalue weighted by molar-refractivity contribution is 0.0192. The number of carbonyl (C=O) groups is 2. The molecule has 2 aromatic heterocycles. The van der Waals surface area contributed by atoms with E-state index in [0.29, 0.717) is 24.1 Å². The second kappa shape index (κ2) is 10.7. The number of aromatic nitrogens is 3. The first-order chi connectivity index (χ1) is 20.5. The van der Waals surface area contributed by atoms with Gasteiger partial charge >= 0.3 is 12.1 Å². The van der Waals surface area contributed by atoms with E-state index in [1.54, 1.807) is 21.7 Å². The highest BCUT2D eigenvalue weighted by Gasteiger charge is 2.34. The van der Waals surface area contributed by atoms with Gasteiger partial charge in [0.2, 0.25) is 0 Å². The van der Waals surface area contributed by atoms with Gasteiger partial charge in [-0.25, -0.2) is 19.1 Å². The first-order valence-electron chi connectivity index (χ1n) is 14.5. The number of fused-ring (bicyclic) bond motifs is 2. The molecule has 3 heterocycles. The van der Waals surface area contributed by atoms with E-state index in [9.17, 15) is 14.7 Å². The zero-order valence-electron chi connectivity index (χ0n) is 25.0. The van der Waals surface area contributed by atoms with Crippen molar-refractivity contribution in [2.75, 3.05) is 18.0 Å². The van der Waals surface area contributed by atoms with E-state index in [0.717, 1.165) is 33.3 Å². The molecule has 9 heteroatoms. The number of amides is 1. The first-order valence-corrected chi connectivity index (χ1v) is 14.5. The molecule has 1 amide bonds. The van der Waals surface area contributed by atoms with Gasteiger partial charge in [-0.05, 0) is 74.7 Å². The van der Waals surface area contributed by atoms with E-state index in [2.05, 4.69) is 48.1 Å². The number of nitrogens with zero attached hydrogens (tertiary/aromatic N) is 5. The summed E-state index contributed by atoms with van der Waals surface area (Å²) in [6.45, 7) is 11.1. The number of benzene rings is 3. The van der Waals surface area contributed by atoms with Crippen LogP contribution in [0.5, 0.6) is 0 Å². The molecule has 0 spiro atoms. The minimum Gasteiger partial charge on any atom is -0.478 e. The minimum absolute atomic E-state index is 0.128. The van der Waals surface area contributed by atoms with Crippen molar-refractivity contribution in [3.05, 3.63) is 84.8 Å². The molecular formula is C34H35N5O4. The Morgan fingerprint density at radius 3 is 2.19 bits per heavy atom. The highest BCUT2D eigenvalue weighted by atomic mass is 16.6. The van der Waals surface area contributed by atoms with Crippen LogP contribution in [0.4, 0.5) is 10.5 Å².